The van der Waals surface area contributed by atoms with Crippen molar-refractivity contribution >= 4 is 22.4 Å². The van der Waals surface area contributed by atoms with Gasteiger partial charge in [0.25, 0.3) is 0 Å². The van der Waals surface area contributed by atoms with E-state index in [9.17, 15) is 9.90 Å². The molecule has 1 atom stereocenters. The molecule has 1 heterocycles. The number of likely N-dealkylation sites (N-methyl/N-ethyl adjacent to an activating group) is 1. The van der Waals surface area contributed by atoms with Crippen molar-refractivity contribution < 1.29 is 14.6 Å². The Morgan fingerprint density at radius 3 is 2.68 bits per heavy atom. The number of ether oxygens (including phenoxy) is 1. The van der Waals surface area contributed by atoms with E-state index in [-0.39, 0.29) is 5.92 Å². The molecule has 19 heavy (non-hydrogen) atoms. The molecular formula is C13H22N2O3S. The van der Waals surface area contributed by atoms with E-state index in [1.807, 2.05) is 25.7 Å². The Labute approximate surface area is 118 Å². The Balaban J connectivity index is 3.04. The van der Waals surface area contributed by atoms with Gasteiger partial charge in [-0.3, -0.25) is 0 Å². The van der Waals surface area contributed by atoms with Crippen LogP contribution in [-0.2, 0) is 4.74 Å². The molecule has 1 N–H and O–H groups in total. The third kappa shape index (κ3) is 3.91. The second-order valence-electron chi connectivity index (χ2n) is 4.40. The first-order valence-corrected chi connectivity index (χ1v) is 7.34. The fourth-order valence-corrected chi connectivity index (χ4v) is 2.84. The van der Waals surface area contributed by atoms with Crippen molar-refractivity contribution in [2.24, 2.45) is 0 Å². The lowest BCUT2D eigenvalue weighted by molar-refractivity contribution is 0.0700. The van der Waals surface area contributed by atoms with Crippen LogP contribution in [0.1, 0.15) is 48.5 Å². The standard InChI is InChI=1S/C13H22N2O3S/c1-5-9(3)10-11(12(16)17)19-13(14-10)15(6-2)7-8-18-4/h9H,5-8H2,1-4H3,(H,16,17). The molecule has 0 radical (unpaired) electrons. The fraction of sp³-hybridized carbons (Fsp3) is 0.692. The molecule has 0 bridgehead atoms. The van der Waals surface area contributed by atoms with Crippen LogP contribution in [-0.4, -0.2) is 42.9 Å². The van der Waals surface area contributed by atoms with Crippen molar-refractivity contribution in [2.75, 3.05) is 31.7 Å². The molecule has 1 rings (SSSR count). The molecule has 0 spiro atoms. The van der Waals surface area contributed by atoms with Crippen LogP contribution in [0.2, 0.25) is 0 Å². The first-order chi connectivity index (χ1) is 9.04. The van der Waals surface area contributed by atoms with Gasteiger partial charge in [-0.2, -0.15) is 0 Å². The number of aromatic carboxylic acids is 1. The highest BCUT2D eigenvalue weighted by atomic mass is 32.1. The molecule has 0 fully saturated rings. The number of aromatic nitrogens is 1. The fourth-order valence-electron chi connectivity index (χ4n) is 1.73. The summed E-state index contributed by atoms with van der Waals surface area (Å²) in [5.41, 5.74) is 0.700. The molecule has 108 valence electrons. The number of rotatable bonds is 8. The molecular weight excluding hydrogens is 264 g/mol. The minimum Gasteiger partial charge on any atom is -0.477 e. The number of carbonyl (C=O) groups is 1. The molecule has 0 aliphatic heterocycles. The van der Waals surface area contributed by atoms with Crippen LogP contribution in [0.4, 0.5) is 5.13 Å². The average molecular weight is 286 g/mol. The van der Waals surface area contributed by atoms with E-state index in [4.69, 9.17) is 4.74 Å². The van der Waals surface area contributed by atoms with E-state index in [0.717, 1.165) is 24.6 Å². The predicted molar refractivity (Wildman–Crippen MR) is 77.5 cm³/mol. The second kappa shape index (κ2) is 7.45. The van der Waals surface area contributed by atoms with Crippen molar-refractivity contribution in [1.29, 1.82) is 0 Å². The van der Waals surface area contributed by atoms with Crippen molar-refractivity contribution in [3.63, 3.8) is 0 Å². The van der Waals surface area contributed by atoms with Gasteiger partial charge in [-0.15, -0.1) is 0 Å². The lowest BCUT2D eigenvalue weighted by atomic mass is 10.0. The van der Waals surface area contributed by atoms with E-state index in [1.54, 1.807) is 7.11 Å². The van der Waals surface area contributed by atoms with Crippen LogP contribution in [0, 0.1) is 0 Å². The van der Waals surface area contributed by atoms with Gasteiger partial charge in [-0.25, -0.2) is 9.78 Å². The van der Waals surface area contributed by atoms with Gasteiger partial charge in [0.05, 0.1) is 12.3 Å². The molecule has 0 aliphatic rings. The number of methoxy groups -OCH3 is 1. The average Bonchev–Trinajstić information content (AvgIpc) is 2.84. The van der Waals surface area contributed by atoms with Gasteiger partial charge < -0.3 is 14.7 Å². The molecule has 5 nitrogen and oxygen atoms in total. The Kier molecular flexibility index (Phi) is 6.24. The summed E-state index contributed by atoms with van der Waals surface area (Å²) in [4.78, 5) is 18.3. The zero-order valence-corrected chi connectivity index (χ0v) is 12.8. The number of carboxylic acids is 1. The van der Waals surface area contributed by atoms with Crippen molar-refractivity contribution in [1.82, 2.24) is 4.98 Å². The summed E-state index contributed by atoms with van der Waals surface area (Å²) in [5, 5.41) is 10.1. The van der Waals surface area contributed by atoms with Crippen LogP contribution in [0.15, 0.2) is 0 Å². The maximum absolute atomic E-state index is 11.3. The molecule has 1 aromatic rings. The normalized spacial score (nSPS) is 12.4. The summed E-state index contributed by atoms with van der Waals surface area (Å²) >= 11 is 1.25. The minimum absolute atomic E-state index is 0.164. The molecule has 1 aromatic heterocycles. The number of anilines is 1. The predicted octanol–water partition coefficient (Wildman–Crippen LogP) is 2.83. The van der Waals surface area contributed by atoms with Gasteiger partial charge in [0.2, 0.25) is 0 Å². The van der Waals surface area contributed by atoms with E-state index < -0.39 is 5.97 Å². The van der Waals surface area contributed by atoms with Gasteiger partial charge in [-0.05, 0) is 19.3 Å². The lowest BCUT2D eigenvalue weighted by Gasteiger charge is -2.18. The summed E-state index contributed by atoms with van der Waals surface area (Å²) in [6.07, 6.45) is 0.883. The molecule has 0 amide bonds. The highest BCUT2D eigenvalue weighted by molar-refractivity contribution is 7.17. The first kappa shape index (κ1) is 15.9. The van der Waals surface area contributed by atoms with Gasteiger partial charge >= 0.3 is 5.97 Å². The maximum Gasteiger partial charge on any atom is 0.347 e. The smallest absolute Gasteiger partial charge is 0.347 e. The number of carboxylic acid groups (broad SMARTS) is 1. The Morgan fingerprint density at radius 2 is 2.21 bits per heavy atom. The minimum atomic E-state index is -0.887. The third-order valence-corrected chi connectivity index (χ3v) is 4.25. The molecule has 0 saturated carbocycles. The molecule has 0 saturated heterocycles. The van der Waals surface area contributed by atoms with Gasteiger partial charge in [-0.1, -0.05) is 25.2 Å². The number of hydrogen-bond acceptors (Lipinski definition) is 5. The molecule has 0 aromatic carbocycles. The molecule has 0 aliphatic carbocycles. The van der Waals surface area contributed by atoms with Crippen LogP contribution < -0.4 is 4.90 Å². The molecule has 6 heteroatoms. The summed E-state index contributed by atoms with van der Waals surface area (Å²) in [6.45, 7) is 8.19. The maximum atomic E-state index is 11.3. The van der Waals surface area contributed by atoms with Gasteiger partial charge in [0.15, 0.2) is 5.13 Å². The van der Waals surface area contributed by atoms with E-state index >= 15 is 0 Å². The van der Waals surface area contributed by atoms with Crippen molar-refractivity contribution in [3.05, 3.63) is 10.6 Å². The van der Waals surface area contributed by atoms with Crippen LogP contribution in [0.3, 0.4) is 0 Å². The number of thiazole rings is 1. The van der Waals surface area contributed by atoms with Crippen LogP contribution >= 0.6 is 11.3 Å². The summed E-state index contributed by atoms with van der Waals surface area (Å²) in [7, 11) is 1.66. The SMILES string of the molecule is CCC(C)c1nc(N(CC)CCOC)sc1C(=O)O. The van der Waals surface area contributed by atoms with Crippen LogP contribution in [0.25, 0.3) is 0 Å². The van der Waals surface area contributed by atoms with E-state index in [2.05, 4.69) is 4.98 Å². The van der Waals surface area contributed by atoms with Crippen LogP contribution in [0.5, 0.6) is 0 Å². The Morgan fingerprint density at radius 1 is 1.53 bits per heavy atom. The number of hydrogen-bond donors (Lipinski definition) is 1. The highest BCUT2D eigenvalue weighted by Gasteiger charge is 2.22. The summed E-state index contributed by atoms with van der Waals surface area (Å²) in [5.74, 6) is -0.723. The molecule has 1 unspecified atom stereocenters. The lowest BCUT2D eigenvalue weighted by Crippen LogP contribution is -2.26. The third-order valence-electron chi connectivity index (χ3n) is 3.13. The first-order valence-electron chi connectivity index (χ1n) is 6.52. The van der Waals surface area contributed by atoms with Gasteiger partial charge in [0.1, 0.15) is 4.88 Å². The van der Waals surface area contributed by atoms with Crippen molar-refractivity contribution in [2.45, 2.75) is 33.1 Å². The highest BCUT2D eigenvalue weighted by Crippen LogP contribution is 2.32. The quantitative estimate of drug-likeness (QED) is 0.796. The number of nitrogens with zero attached hydrogens (tertiary/aromatic N) is 2. The summed E-state index contributed by atoms with van der Waals surface area (Å²) in [6, 6.07) is 0. The second-order valence-corrected chi connectivity index (χ2v) is 5.38. The Bertz CT molecular complexity index is 420. The topological polar surface area (TPSA) is 62.7 Å². The van der Waals surface area contributed by atoms with Crippen molar-refractivity contribution in [3.8, 4) is 0 Å². The zero-order chi connectivity index (χ0) is 14.4. The zero-order valence-electron chi connectivity index (χ0n) is 12.0. The monoisotopic (exact) mass is 286 g/mol. The van der Waals surface area contributed by atoms with Gasteiger partial charge in [0, 0.05) is 20.2 Å². The van der Waals surface area contributed by atoms with E-state index in [1.165, 1.54) is 11.3 Å². The Hall–Kier alpha value is -1.14. The summed E-state index contributed by atoms with van der Waals surface area (Å²) < 4.78 is 5.07. The van der Waals surface area contributed by atoms with E-state index in [0.29, 0.717) is 17.2 Å². The largest absolute Gasteiger partial charge is 0.477 e.